The van der Waals surface area contributed by atoms with E-state index in [1.54, 1.807) is 12.1 Å². The van der Waals surface area contributed by atoms with Gasteiger partial charge >= 0.3 is 0 Å². The van der Waals surface area contributed by atoms with Crippen molar-refractivity contribution in [2.75, 3.05) is 0 Å². The van der Waals surface area contributed by atoms with Gasteiger partial charge < -0.3 is 15.3 Å². The van der Waals surface area contributed by atoms with Gasteiger partial charge in [-0.15, -0.1) is 0 Å². The van der Waals surface area contributed by atoms with Gasteiger partial charge in [0.2, 0.25) is 0 Å². The van der Waals surface area contributed by atoms with Gasteiger partial charge in [-0.25, -0.2) is 4.39 Å². The average molecular weight is 324 g/mol. The maximum Gasteiger partial charge on any atom is 0.129 e. The third kappa shape index (κ3) is 1.88. The molecule has 0 amide bonds. The second-order valence-electron chi connectivity index (χ2n) is 6.19. The molecule has 3 nitrogen and oxygen atoms in total. The number of benzene rings is 3. The van der Waals surface area contributed by atoms with Crippen molar-refractivity contribution in [1.82, 2.24) is 0 Å². The minimum atomic E-state index is -1.36. The fourth-order valence-electron chi connectivity index (χ4n) is 3.92. The molecule has 0 aliphatic heterocycles. The molecule has 0 heterocycles. The van der Waals surface area contributed by atoms with Crippen LogP contribution in [-0.2, 0) is 6.61 Å². The fourth-order valence-corrected chi connectivity index (χ4v) is 3.92. The molecule has 3 N–H and O–H groups in total. The summed E-state index contributed by atoms with van der Waals surface area (Å²) in [5, 5.41) is 32.8. The molecule has 3 aromatic rings. The molecule has 4 rings (SSSR count). The molecule has 0 bridgehead atoms. The molecule has 3 aromatic carbocycles. The van der Waals surface area contributed by atoms with E-state index in [-0.39, 0.29) is 12.2 Å². The van der Waals surface area contributed by atoms with Gasteiger partial charge in [0.25, 0.3) is 0 Å². The van der Waals surface area contributed by atoms with Gasteiger partial charge in [0.05, 0.1) is 6.61 Å². The van der Waals surface area contributed by atoms with Crippen LogP contribution in [0.3, 0.4) is 0 Å². The number of aryl methyl sites for hydroxylation is 1. The van der Waals surface area contributed by atoms with E-state index in [1.807, 2.05) is 31.2 Å². The number of fused-ring (bicyclic) bond motifs is 4. The van der Waals surface area contributed by atoms with Gasteiger partial charge in [0, 0.05) is 5.56 Å². The monoisotopic (exact) mass is 324 g/mol. The first-order valence-electron chi connectivity index (χ1n) is 7.86. The Morgan fingerprint density at radius 1 is 0.917 bits per heavy atom. The van der Waals surface area contributed by atoms with Crippen LogP contribution < -0.4 is 0 Å². The van der Waals surface area contributed by atoms with Crippen molar-refractivity contribution in [1.29, 1.82) is 0 Å². The Labute approximate surface area is 138 Å². The zero-order valence-corrected chi connectivity index (χ0v) is 13.1. The van der Waals surface area contributed by atoms with Gasteiger partial charge in [-0.2, -0.15) is 0 Å². The third-order valence-electron chi connectivity index (χ3n) is 5.00. The van der Waals surface area contributed by atoms with E-state index in [9.17, 15) is 19.7 Å². The highest BCUT2D eigenvalue weighted by Crippen LogP contribution is 2.50. The van der Waals surface area contributed by atoms with Crippen LogP contribution in [0.5, 0.6) is 0 Å². The van der Waals surface area contributed by atoms with E-state index in [1.165, 1.54) is 6.07 Å². The van der Waals surface area contributed by atoms with Crippen molar-refractivity contribution in [2.24, 2.45) is 0 Å². The molecule has 4 heteroatoms. The highest BCUT2D eigenvalue weighted by atomic mass is 19.1. The van der Waals surface area contributed by atoms with Crippen molar-refractivity contribution in [2.45, 2.75) is 25.7 Å². The number of aliphatic hydroxyl groups is 3. The first-order chi connectivity index (χ1) is 11.6. The standard InChI is InChI=1S/C20H17FO3/c1-10-11-5-2-3-6-12(11)14(9-22)18-16(10)13-7-4-8-15(21)17(13)19(23)20(18)24/h2-8,19-20,22-24H,9H2,1H3/t19-,20-/m0/s1. The first-order valence-corrected chi connectivity index (χ1v) is 7.86. The van der Waals surface area contributed by atoms with E-state index in [4.69, 9.17) is 0 Å². The molecule has 0 saturated heterocycles. The summed E-state index contributed by atoms with van der Waals surface area (Å²) in [7, 11) is 0. The van der Waals surface area contributed by atoms with E-state index in [2.05, 4.69) is 0 Å². The summed E-state index contributed by atoms with van der Waals surface area (Å²) in [6, 6.07) is 12.2. The summed E-state index contributed by atoms with van der Waals surface area (Å²) < 4.78 is 14.3. The van der Waals surface area contributed by atoms with Crippen molar-refractivity contribution < 1.29 is 19.7 Å². The fraction of sp³-hybridized carbons (Fsp3) is 0.200. The first kappa shape index (κ1) is 15.3. The van der Waals surface area contributed by atoms with E-state index >= 15 is 0 Å². The Kier molecular flexibility index (Phi) is 3.42. The minimum Gasteiger partial charge on any atom is -0.392 e. The van der Waals surface area contributed by atoms with Gasteiger partial charge in [0.1, 0.15) is 18.0 Å². The summed E-state index contributed by atoms with van der Waals surface area (Å²) in [5.41, 5.74) is 3.34. The molecule has 1 aliphatic carbocycles. The normalized spacial score (nSPS) is 19.2. The molecule has 1 aliphatic rings. The SMILES string of the molecule is Cc1c2c(c(CO)c3ccccc13)[C@H](O)[C@@H](O)c1c(F)cccc1-2. The van der Waals surface area contributed by atoms with Crippen LogP contribution in [0.4, 0.5) is 4.39 Å². The van der Waals surface area contributed by atoms with Crippen molar-refractivity contribution in [3.05, 3.63) is 70.5 Å². The Morgan fingerprint density at radius 3 is 2.29 bits per heavy atom. The maximum atomic E-state index is 14.3. The van der Waals surface area contributed by atoms with E-state index < -0.39 is 18.0 Å². The summed E-state index contributed by atoms with van der Waals surface area (Å²) in [5.74, 6) is -0.539. The number of hydrogen-bond donors (Lipinski definition) is 3. The molecule has 0 saturated carbocycles. The summed E-state index contributed by atoms with van der Waals surface area (Å²) in [4.78, 5) is 0. The van der Waals surface area contributed by atoms with Crippen LogP contribution in [0.1, 0.15) is 34.5 Å². The highest BCUT2D eigenvalue weighted by molar-refractivity contribution is 5.97. The van der Waals surface area contributed by atoms with Gasteiger partial charge in [0.15, 0.2) is 0 Å². The lowest BCUT2D eigenvalue weighted by atomic mass is 9.76. The molecule has 122 valence electrons. The topological polar surface area (TPSA) is 60.7 Å². The number of hydrogen-bond acceptors (Lipinski definition) is 3. The van der Waals surface area contributed by atoms with Gasteiger partial charge in [-0.3, -0.25) is 0 Å². The van der Waals surface area contributed by atoms with Crippen LogP contribution in [0.15, 0.2) is 42.5 Å². The summed E-state index contributed by atoms with van der Waals surface area (Å²) in [6.45, 7) is 1.65. The number of rotatable bonds is 1. The smallest absolute Gasteiger partial charge is 0.129 e. The van der Waals surface area contributed by atoms with E-state index in [0.717, 1.165) is 16.3 Å². The number of aliphatic hydroxyl groups excluding tert-OH is 3. The Hall–Kier alpha value is -2.27. The Morgan fingerprint density at radius 2 is 1.58 bits per heavy atom. The predicted octanol–water partition coefficient (Wildman–Crippen LogP) is 3.53. The summed E-state index contributed by atoms with van der Waals surface area (Å²) in [6.07, 6.45) is -2.64. The quantitative estimate of drug-likeness (QED) is 0.642. The maximum absolute atomic E-state index is 14.3. The average Bonchev–Trinajstić information content (AvgIpc) is 2.59. The molecule has 0 radical (unpaired) electrons. The van der Waals surface area contributed by atoms with E-state index in [0.29, 0.717) is 22.3 Å². The second-order valence-corrected chi connectivity index (χ2v) is 6.19. The lowest BCUT2D eigenvalue weighted by Crippen LogP contribution is -2.21. The van der Waals surface area contributed by atoms with Crippen molar-refractivity contribution >= 4 is 10.8 Å². The van der Waals surface area contributed by atoms with Crippen LogP contribution in [-0.4, -0.2) is 15.3 Å². The lowest BCUT2D eigenvalue weighted by molar-refractivity contribution is 0.0126. The minimum absolute atomic E-state index is 0.111. The highest BCUT2D eigenvalue weighted by Gasteiger charge is 2.36. The molecular formula is C20H17FO3. The van der Waals surface area contributed by atoms with Crippen LogP contribution in [0, 0.1) is 12.7 Å². The van der Waals surface area contributed by atoms with Crippen molar-refractivity contribution in [3.8, 4) is 11.1 Å². The second kappa shape index (κ2) is 5.38. The molecule has 2 atom stereocenters. The molecule has 0 unspecified atom stereocenters. The molecular weight excluding hydrogens is 307 g/mol. The molecule has 0 aromatic heterocycles. The lowest BCUT2D eigenvalue weighted by Gasteiger charge is -2.33. The Balaban J connectivity index is 2.23. The zero-order chi connectivity index (χ0) is 17.0. The van der Waals surface area contributed by atoms with Crippen LogP contribution in [0.2, 0.25) is 0 Å². The van der Waals surface area contributed by atoms with Gasteiger partial charge in [-0.1, -0.05) is 36.4 Å². The third-order valence-corrected chi connectivity index (χ3v) is 5.00. The van der Waals surface area contributed by atoms with Crippen LogP contribution >= 0.6 is 0 Å². The van der Waals surface area contributed by atoms with Crippen LogP contribution in [0.25, 0.3) is 21.9 Å². The Bertz CT molecular complexity index is 965. The largest absolute Gasteiger partial charge is 0.392 e. The predicted molar refractivity (Wildman–Crippen MR) is 89.9 cm³/mol. The molecule has 24 heavy (non-hydrogen) atoms. The summed E-state index contributed by atoms with van der Waals surface area (Å²) >= 11 is 0. The number of halogens is 1. The molecule has 0 fully saturated rings. The van der Waals surface area contributed by atoms with Gasteiger partial charge in [-0.05, 0) is 51.6 Å². The van der Waals surface area contributed by atoms with Crippen molar-refractivity contribution in [3.63, 3.8) is 0 Å². The molecule has 0 spiro atoms. The zero-order valence-electron chi connectivity index (χ0n) is 13.1.